The number of carboxylic acid groups (broad SMARTS) is 1. The number of aliphatic imine (C=N–C) groups is 1. The largest absolute Gasteiger partial charge is 0.478 e. The third-order valence-corrected chi connectivity index (χ3v) is 3.10. The van der Waals surface area contributed by atoms with Crippen molar-refractivity contribution in [3.63, 3.8) is 0 Å². The summed E-state index contributed by atoms with van der Waals surface area (Å²) in [5, 5.41) is 9.30. The van der Waals surface area contributed by atoms with Crippen molar-refractivity contribution in [3.8, 4) is 0 Å². The Morgan fingerprint density at radius 2 is 1.76 bits per heavy atom. The fourth-order valence-electron chi connectivity index (χ4n) is 1.81. The van der Waals surface area contributed by atoms with Crippen LogP contribution in [-0.4, -0.2) is 22.9 Å². The summed E-state index contributed by atoms with van der Waals surface area (Å²) in [6, 6.07) is 10.0. The number of rotatable bonds is 4. The fourth-order valence-corrected chi connectivity index (χ4v) is 1.97. The summed E-state index contributed by atoms with van der Waals surface area (Å²) in [5.74, 6) is -1.69. The number of carbonyl (C=O) groups excluding carboxylic acids is 2. The maximum Gasteiger partial charge on any atom is 0.336 e. The third-order valence-electron chi connectivity index (χ3n) is 2.78. The maximum absolute atomic E-state index is 12.4. The van der Waals surface area contributed by atoms with Crippen molar-refractivity contribution in [3.05, 3.63) is 64.2 Å². The molecule has 0 spiro atoms. The van der Waals surface area contributed by atoms with Crippen molar-refractivity contribution < 1.29 is 19.5 Å². The first kappa shape index (κ1) is 14.7. The van der Waals surface area contributed by atoms with Crippen LogP contribution in [0.25, 0.3) is 0 Å². The maximum atomic E-state index is 12.4. The molecule has 1 N–H and O–H groups in total. The van der Waals surface area contributed by atoms with Gasteiger partial charge in [-0.1, -0.05) is 29.8 Å². The van der Waals surface area contributed by atoms with Crippen molar-refractivity contribution in [2.45, 2.75) is 0 Å². The molecule has 0 heterocycles. The minimum Gasteiger partial charge on any atom is -0.478 e. The first-order valence-electron chi connectivity index (χ1n) is 5.79. The molecular weight excluding hydrogens is 294 g/mol. The molecule has 0 aliphatic heterocycles. The summed E-state index contributed by atoms with van der Waals surface area (Å²) in [5.41, 5.74) is 0.235. The number of carboxylic acids is 1. The van der Waals surface area contributed by atoms with Crippen LogP contribution in [0.3, 0.4) is 0 Å². The van der Waals surface area contributed by atoms with Gasteiger partial charge in [-0.2, -0.15) is 4.99 Å². The summed E-state index contributed by atoms with van der Waals surface area (Å²) in [6.07, 6.45) is 1.35. The van der Waals surface area contributed by atoms with Crippen LogP contribution in [0.15, 0.2) is 47.5 Å². The van der Waals surface area contributed by atoms with E-state index in [0.717, 1.165) is 0 Å². The zero-order valence-corrected chi connectivity index (χ0v) is 11.3. The van der Waals surface area contributed by atoms with Gasteiger partial charge in [0.15, 0.2) is 5.78 Å². The average molecular weight is 302 g/mol. The van der Waals surface area contributed by atoms with Gasteiger partial charge < -0.3 is 5.11 Å². The highest BCUT2D eigenvalue weighted by atomic mass is 35.5. The number of hydrogen-bond acceptors (Lipinski definition) is 4. The lowest BCUT2D eigenvalue weighted by Gasteiger charge is -2.06. The molecule has 104 valence electrons. The van der Waals surface area contributed by atoms with Crippen molar-refractivity contribution >= 4 is 35.1 Å². The highest BCUT2D eigenvalue weighted by Gasteiger charge is 2.18. The molecule has 5 nitrogen and oxygen atoms in total. The quantitative estimate of drug-likeness (QED) is 0.534. The first-order valence-corrected chi connectivity index (χ1v) is 6.17. The van der Waals surface area contributed by atoms with Crippen LogP contribution in [0.4, 0.5) is 5.69 Å². The van der Waals surface area contributed by atoms with E-state index < -0.39 is 11.8 Å². The molecule has 0 amide bonds. The van der Waals surface area contributed by atoms with E-state index in [1.165, 1.54) is 42.5 Å². The number of nitrogens with zero attached hydrogens (tertiary/aromatic N) is 1. The Morgan fingerprint density at radius 1 is 1.10 bits per heavy atom. The summed E-state index contributed by atoms with van der Waals surface area (Å²) in [6.45, 7) is 0. The normalized spacial score (nSPS) is 9.76. The van der Waals surface area contributed by atoms with E-state index in [9.17, 15) is 14.4 Å². The van der Waals surface area contributed by atoms with Crippen molar-refractivity contribution in [1.82, 2.24) is 0 Å². The Hall–Kier alpha value is -2.75. The molecule has 21 heavy (non-hydrogen) atoms. The van der Waals surface area contributed by atoms with Gasteiger partial charge in [0.05, 0.1) is 16.3 Å². The molecule has 0 aliphatic rings. The van der Waals surface area contributed by atoms with Gasteiger partial charge in [0.1, 0.15) is 0 Å². The molecule has 0 saturated heterocycles. The SMILES string of the molecule is O=C=Nc1cc(C(=O)c2ccccc2C(=O)O)ccc1Cl. The topological polar surface area (TPSA) is 83.8 Å². The first-order chi connectivity index (χ1) is 10.0. The van der Waals surface area contributed by atoms with Crippen LogP contribution >= 0.6 is 11.6 Å². The number of aromatic carboxylic acids is 1. The molecule has 0 fully saturated rings. The van der Waals surface area contributed by atoms with Gasteiger partial charge in [0, 0.05) is 11.1 Å². The number of hydrogen-bond donors (Lipinski definition) is 1. The number of benzene rings is 2. The van der Waals surface area contributed by atoms with Gasteiger partial charge in [-0.05, 0) is 24.3 Å². The van der Waals surface area contributed by atoms with Crippen LogP contribution in [-0.2, 0) is 4.79 Å². The molecule has 0 atom stereocenters. The van der Waals surface area contributed by atoms with E-state index in [1.807, 2.05) is 0 Å². The second-order valence-corrected chi connectivity index (χ2v) is 4.46. The fraction of sp³-hybridized carbons (Fsp3) is 0. The second-order valence-electron chi connectivity index (χ2n) is 4.05. The van der Waals surface area contributed by atoms with Crippen molar-refractivity contribution in [2.75, 3.05) is 0 Å². The van der Waals surface area contributed by atoms with Crippen molar-refractivity contribution in [1.29, 1.82) is 0 Å². The van der Waals surface area contributed by atoms with Crippen LogP contribution in [0.5, 0.6) is 0 Å². The van der Waals surface area contributed by atoms with Crippen LogP contribution in [0.2, 0.25) is 5.02 Å². The van der Waals surface area contributed by atoms with E-state index in [-0.39, 0.29) is 27.4 Å². The molecule has 0 bridgehead atoms. The number of halogens is 1. The molecule has 2 aromatic carbocycles. The second kappa shape index (κ2) is 6.13. The lowest BCUT2D eigenvalue weighted by molar-refractivity contribution is 0.0693. The van der Waals surface area contributed by atoms with E-state index in [1.54, 1.807) is 6.07 Å². The van der Waals surface area contributed by atoms with Gasteiger partial charge in [0.25, 0.3) is 0 Å². The average Bonchev–Trinajstić information content (AvgIpc) is 2.49. The molecule has 0 unspecified atom stereocenters. The molecule has 6 heteroatoms. The summed E-state index contributed by atoms with van der Waals surface area (Å²) >= 11 is 5.83. The number of carbonyl (C=O) groups is 2. The highest BCUT2D eigenvalue weighted by molar-refractivity contribution is 6.33. The third kappa shape index (κ3) is 3.05. The lowest BCUT2D eigenvalue weighted by Crippen LogP contribution is -2.09. The Bertz CT molecular complexity index is 779. The van der Waals surface area contributed by atoms with Gasteiger partial charge in [-0.25, -0.2) is 9.59 Å². The molecular formula is C15H8ClNO4. The minimum atomic E-state index is -1.20. The van der Waals surface area contributed by atoms with Gasteiger partial charge in [-0.15, -0.1) is 0 Å². The Kier molecular flexibility index (Phi) is 4.28. The van der Waals surface area contributed by atoms with Crippen LogP contribution in [0.1, 0.15) is 26.3 Å². The summed E-state index contributed by atoms with van der Waals surface area (Å²) in [7, 11) is 0. The van der Waals surface area contributed by atoms with Crippen molar-refractivity contribution in [2.24, 2.45) is 4.99 Å². The standard InChI is InChI=1S/C15H8ClNO4/c16-12-6-5-9(7-13(12)17-8-18)14(19)10-3-1-2-4-11(10)15(20)21/h1-7H,(H,20,21). The minimum absolute atomic E-state index is 0.0494. The van der Waals surface area contributed by atoms with Gasteiger partial charge in [0.2, 0.25) is 6.08 Å². The zero-order valence-electron chi connectivity index (χ0n) is 10.5. The Labute approximate surface area is 124 Å². The summed E-state index contributed by atoms with van der Waals surface area (Å²) in [4.78, 5) is 37.2. The molecule has 0 saturated carbocycles. The smallest absolute Gasteiger partial charge is 0.336 e. The van der Waals surface area contributed by atoms with Gasteiger partial charge in [-0.3, -0.25) is 4.79 Å². The van der Waals surface area contributed by atoms with E-state index in [2.05, 4.69) is 4.99 Å². The van der Waals surface area contributed by atoms with Crippen LogP contribution in [0, 0.1) is 0 Å². The highest BCUT2D eigenvalue weighted by Crippen LogP contribution is 2.27. The number of isocyanates is 1. The molecule has 2 rings (SSSR count). The van der Waals surface area contributed by atoms with E-state index >= 15 is 0 Å². The molecule has 0 aromatic heterocycles. The van der Waals surface area contributed by atoms with Crippen LogP contribution < -0.4 is 0 Å². The molecule has 2 aromatic rings. The van der Waals surface area contributed by atoms with E-state index in [4.69, 9.17) is 16.7 Å². The zero-order chi connectivity index (χ0) is 15.4. The number of ketones is 1. The van der Waals surface area contributed by atoms with E-state index in [0.29, 0.717) is 0 Å². The Morgan fingerprint density at radius 3 is 2.38 bits per heavy atom. The molecule has 0 aliphatic carbocycles. The predicted octanol–water partition coefficient (Wildman–Crippen LogP) is 3.24. The molecule has 0 radical (unpaired) electrons. The summed E-state index contributed by atoms with van der Waals surface area (Å²) < 4.78 is 0. The Balaban J connectivity index is 2.53. The predicted molar refractivity (Wildman–Crippen MR) is 76.1 cm³/mol. The lowest BCUT2D eigenvalue weighted by atomic mass is 9.98. The monoisotopic (exact) mass is 301 g/mol. The van der Waals surface area contributed by atoms with Gasteiger partial charge >= 0.3 is 5.97 Å².